The van der Waals surface area contributed by atoms with Gasteiger partial charge in [-0.3, -0.25) is 0 Å². The SMILES string of the molecule is [C-]#[N+]c1c(-n2c3ccccc3c3c4oc5ccccc5c4ccc32)c(-n2c3ccccc3c3c4c(ccc32)oc2ccccc24)c(-c2ccccc2)c(C#N)c1-n1c2ccccc2c2c3c(ccc21)oc1ccccc13. The monoisotopic (exact) mass is 969 g/mol. The molecule has 0 atom stereocenters. The molecule has 11 aromatic carbocycles. The van der Waals surface area contributed by atoms with Crippen LogP contribution in [0.3, 0.4) is 0 Å². The Balaban J connectivity index is 1.15. The molecule has 0 aliphatic rings. The highest BCUT2D eigenvalue weighted by molar-refractivity contribution is 6.30. The van der Waals surface area contributed by atoms with Crippen LogP contribution in [0, 0.1) is 17.9 Å². The zero-order chi connectivity index (χ0) is 49.9. The maximum absolute atomic E-state index is 12.3. The van der Waals surface area contributed by atoms with Crippen LogP contribution in [0.4, 0.5) is 5.69 Å². The third kappa shape index (κ3) is 5.14. The van der Waals surface area contributed by atoms with E-state index in [4.69, 9.17) is 18.1 Å². The van der Waals surface area contributed by atoms with Crippen LogP contribution in [-0.2, 0) is 0 Å². The van der Waals surface area contributed by atoms with Crippen molar-refractivity contribution in [3.05, 3.63) is 229 Å². The first-order valence-corrected chi connectivity index (χ1v) is 25.3. The van der Waals surface area contributed by atoms with E-state index >= 15 is 0 Å². The summed E-state index contributed by atoms with van der Waals surface area (Å²) in [5.41, 5.74) is 13.9. The summed E-state index contributed by atoms with van der Waals surface area (Å²) in [6, 6.07) is 75.3. The number of hydrogen-bond donors (Lipinski definition) is 0. The Bertz CT molecular complexity index is 5510. The van der Waals surface area contributed by atoms with E-state index in [9.17, 15) is 11.8 Å². The lowest BCUT2D eigenvalue weighted by atomic mass is 9.93. The average molecular weight is 970 g/mol. The summed E-state index contributed by atoms with van der Waals surface area (Å²) in [6.07, 6.45) is 0. The second-order valence-electron chi connectivity index (χ2n) is 19.6. The number of hydrogen-bond acceptors (Lipinski definition) is 4. The Labute approximate surface area is 430 Å². The van der Waals surface area contributed by atoms with Gasteiger partial charge in [-0.15, -0.1) is 0 Å². The maximum Gasteiger partial charge on any atom is 0.237 e. The fourth-order valence-corrected chi connectivity index (χ4v) is 13.0. The van der Waals surface area contributed by atoms with Gasteiger partial charge in [0.05, 0.1) is 67.7 Å². The molecule has 0 bridgehead atoms. The minimum Gasteiger partial charge on any atom is -0.456 e. The lowest BCUT2D eigenvalue weighted by molar-refractivity contribution is 0.669. The van der Waals surface area contributed by atoms with E-state index in [2.05, 4.69) is 153 Å². The van der Waals surface area contributed by atoms with Crippen molar-refractivity contribution in [1.29, 1.82) is 5.26 Å². The molecule has 0 radical (unpaired) electrons. The molecule has 76 heavy (non-hydrogen) atoms. The van der Waals surface area contributed by atoms with Gasteiger partial charge >= 0.3 is 0 Å². The molecule has 350 valence electrons. The van der Waals surface area contributed by atoms with Crippen molar-refractivity contribution in [3.8, 4) is 34.3 Å². The van der Waals surface area contributed by atoms with Crippen LogP contribution >= 0.6 is 0 Å². The summed E-state index contributed by atoms with van der Waals surface area (Å²) in [6.45, 7) is 9.79. The molecular weight excluding hydrogens is 935 g/mol. The Hall–Kier alpha value is -10.8. The summed E-state index contributed by atoms with van der Waals surface area (Å²) in [5, 5.41) is 24.2. The molecule has 0 saturated carbocycles. The molecule has 0 fully saturated rings. The zero-order valence-electron chi connectivity index (χ0n) is 40.2. The van der Waals surface area contributed by atoms with Gasteiger partial charge in [0.15, 0.2) is 0 Å². The van der Waals surface area contributed by atoms with Crippen LogP contribution in [0.2, 0.25) is 0 Å². The molecule has 0 unspecified atom stereocenters. The normalized spacial score (nSPS) is 12.2. The molecule has 0 aliphatic heterocycles. The standard InChI is InChI=1S/C68H35N5O3/c1-70-64-65(71-47-25-11-5-20-41(47)59-50(71)33-35-56-62(59)44-23-9-15-29-54(44)74-56)46(37-69)58(38-17-3-2-4-18-38)66(72-48-26-12-6-21-42(48)60-51(72)34-36-57-63(60)45-24-10-16-30-55(45)75-57)67(64)73-49-27-13-7-22-43(49)61-52(73)32-31-40-39-19-8-14-28-53(39)76-68(40)61/h2-36H. The molecule has 6 heterocycles. The molecule has 17 aromatic rings. The number of benzene rings is 11. The number of rotatable bonds is 4. The third-order valence-electron chi connectivity index (χ3n) is 15.9. The van der Waals surface area contributed by atoms with Crippen LogP contribution in [0.25, 0.3) is 164 Å². The summed E-state index contributed by atoms with van der Waals surface area (Å²) in [7, 11) is 0. The lowest BCUT2D eigenvalue weighted by Gasteiger charge is -2.26. The van der Waals surface area contributed by atoms with Crippen molar-refractivity contribution in [2.45, 2.75) is 0 Å². The molecule has 0 aliphatic carbocycles. The molecule has 0 N–H and O–H groups in total. The third-order valence-corrected chi connectivity index (χ3v) is 15.9. The molecule has 8 heteroatoms. The van der Waals surface area contributed by atoms with Crippen LogP contribution in [0.1, 0.15) is 5.56 Å². The predicted molar refractivity (Wildman–Crippen MR) is 308 cm³/mol. The second-order valence-corrected chi connectivity index (χ2v) is 19.6. The van der Waals surface area contributed by atoms with E-state index in [0.717, 1.165) is 137 Å². The molecule has 17 rings (SSSR count). The van der Waals surface area contributed by atoms with Gasteiger partial charge in [0.25, 0.3) is 0 Å². The van der Waals surface area contributed by atoms with Crippen molar-refractivity contribution in [3.63, 3.8) is 0 Å². The lowest BCUT2D eigenvalue weighted by Crippen LogP contribution is -2.11. The van der Waals surface area contributed by atoms with Crippen LogP contribution in [-0.4, -0.2) is 13.7 Å². The van der Waals surface area contributed by atoms with Gasteiger partial charge < -0.3 is 27.0 Å². The number of aromatic nitrogens is 3. The second kappa shape index (κ2) is 14.9. The number of para-hydroxylation sites is 6. The largest absolute Gasteiger partial charge is 0.456 e. The van der Waals surface area contributed by atoms with Crippen molar-refractivity contribution >= 4 is 137 Å². The molecule has 6 aromatic heterocycles. The highest BCUT2D eigenvalue weighted by Gasteiger charge is 2.34. The van der Waals surface area contributed by atoms with Gasteiger partial charge in [-0.25, -0.2) is 4.85 Å². The summed E-state index contributed by atoms with van der Waals surface area (Å²) in [5.74, 6) is 0. The van der Waals surface area contributed by atoms with Gasteiger partial charge in [-0.2, -0.15) is 5.26 Å². The van der Waals surface area contributed by atoms with Crippen molar-refractivity contribution in [1.82, 2.24) is 13.7 Å². The maximum atomic E-state index is 12.3. The Kier molecular flexibility index (Phi) is 7.99. The van der Waals surface area contributed by atoms with Crippen LogP contribution in [0.15, 0.2) is 226 Å². The van der Waals surface area contributed by atoms with Crippen LogP contribution in [0.5, 0.6) is 0 Å². The Morgan fingerprint density at radius 2 is 0.776 bits per heavy atom. The van der Waals surface area contributed by atoms with Gasteiger partial charge in [0.2, 0.25) is 5.69 Å². The fourth-order valence-electron chi connectivity index (χ4n) is 13.0. The first kappa shape index (κ1) is 40.8. The number of fused-ring (bicyclic) bond motifs is 21. The van der Waals surface area contributed by atoms with Crippen molar-refractivity contribution in [2.24, 2.45) is 0 Å². The van der Waals surface area contributed by atoms with E-state index in [0.29, 0.717) is 33.9 Å². The molecule has 0 saturated heterocycles. The number of nitriles is 1. The van der Waals surface area contributed by atoms with E-state index in [1.54, 1.807) is 0 Å². The molecule has 8 nitrogen and oxygen atoms in total. The summed E-state index contributed by atoms with van der Waals surface area (Å²) >= 11 is 0. The minimum atomic E-state index is 0.305. The first-order chi connectivity index (χ1) is 37.7. The highest BCUT2D eigenvalue weighted by atomic mass is 16.3. The zero-order valence-corrected chi connectivity index (χ0v) is 40.2. The fraction of sp³-hybridized carbons (Fsp3) is 0. The summed E-state index contributed by atoms with van der Waals surface area (Å²) < 4.78 is 26.7. The van der Waals surface area contributed by atoms with Gasteiger partial charge in [-0.05, 0) is 78.4 Å². The Morgan fingerprint density at radius 3 is 1.33 bits per heavy atom. The van der Waals surface area contributed by atoms with Gasteiger partial charge in [0.1, 0.15) is 39.6 Å². The quantitative estimate of drug-likeness (QED) is 0.165. The van der Waals surface area contributed by atoms with E-state index in [1.165, 1.54) is 0 Å². The molecule has 0 amide bonds. The number of nitrogens with zero attached hydrogens (tertiary/aromatic N) is 5. The van der Waals surface area contributed by atoms with E-state index < -0.39 is 0 Å². The highest BCUT2D eigenvalue weighted by Crippen LogP contribution is 2.54. The van der Waals surface area contributed by atoms with Gasteiger partial charge in [-0.1, -0.05) is 140 Å². The van der Waals surface area contributed by atoms with Crippen molar-refractivity contribution in [2.75, 3.05) is 0 Å². The van der Waals surface area contributed by atoms with Crippen molar-refractivity contribution < 1.29 is 13.3 Å². The smallest absolute Gasteiger partial charge is 0.237 e. The number of furan rings is 3. The molecule has 0 spiro atoms. The van der Waals surface area contributed by atoms with Crippen LogP contribution < -0.4 is 0 Å². The summed E-state index contributed by atoms with van der Waals surface area (Å²) in [4.78, 5) is 4.75. The predicted octanol–water partition coefficient (Wildman–Crippen LogP) is 18.8. The van der Waals surface area contributed by atoms with E-state index in [-0.39, 0.29) is 0 Å². The van der Waals surface area contributed by atoms with E-state index in [1.807, 2.05) is 78.9 Å². The van der Waals surface area contributed by atoms with Gasteiger partial charge in [0, 0.05) is 64.8 Å². The first-order valence-electron chi connectivity index (χ1n) is 25.3. The Morgan fingerprint density at radius 1 is 0.342 bits per heavy atom. The topological polar surface area (TPSA) is 82.4 Å². The molecular formula is C68H35N5O3. The average Bonchev–Trinajstić information content (AvgIpc) is 4.39. The minimum absolute atomic E-state index is 0.305.